The van der Waals surface area contributed by atoms with Crippen LogP contribution in [-0.4, -0.2) is 30.3 Å². The van der Waals surface area contributed by atoms with Gasteiger partial charge >= 0.3 is 5.97 Å². The normalized spacial score (nSPS) is 10.7. The lowest BCUT2D eigenvalue weighted by molar-refractivity contribution is 0.0698. The van der Waals surface area contributed by atoms with Gasteiger partial charge in [-0.2, -0.15) is 0 Å². The number of aromatic carboxylic acids is 1. The maximum atomic E-state index is 11.0. The van der Waals surface area contributed by atoms with Crippen LogP contribution in [0.1, 0.15) is 16.1 Å². The number of nitrogens with zero attached hydrogens (tertiary/aromatic N) is 1. The fourth-order valence-corrected chi connectivity index (χ4v) is 1.58. The summed E-state index contributed by atoms with van der Waals surface area (Å²) in [5.41, 5.74) is 0.395. The van der Waals surface area contributed by atoms with E-state index < -0.39 is 5.97 Å². The van der Waals surface area contributed by atoms with E-state index in [1.165, 1.54) is 20.4 Å². The van der Waals surface area contributed by atoms with Gasteiger partial charge in [0.25, 0.3) is 5.88 Å². The van der Waals surface area contributed by atoms with Gasteiger partial charge in [-0.05, 0) is 6.07 Å². The zero-order valence-corrected chi connectivity index (χ0v) is 9.39. The molecule has 6 nitrogen and oxygen atoms in total. The van der Waals surface area contributed by atoms with Crippen LogP contribution in [0.3, 0.4) is 0 Å². The number of methoxy groups -OCH3 is 2. The number of furan rings is 1. The van der Waals surface area contributed by atoms with Crippen LogP contribution in [0.4, 0.5) is 0 Å². The van der Waals surface area contributed by atoms with Crippen molar-refractivity contribution in [3.8, 4) is 5.88 Å². The Balaban J connectivity index is 2.67. The maximum Gasteiger partial charge on any atom is 0.338 e. The Kier molecular flexibility index (Phi) is 2.97. The fourth-order valence-electron chi connectivity index (χ4n) is 1.58. The van der Waals surface area contributed by atoms with Gasteiger partial charge < -0.3 is 19.0 Å². The molecule has 0 saturated carbocycles. The third kappa shape index (κ3) is 1.94. The number of fused-ring (bicyclic) bond motifs is 1. The zero-order valence-electron chi connectivity index (χ0n) is 9.39. The molecule has 0 unspecified atom stereocenters. The molecule has 0 aliphatic heterocycles. The summed E-state index contributed by atoms with van der Waals surface area (Å²) >= 11 is 0. The highest BCUT2D eigenvalue weighted by atomic mass is 16.5. The molecule has 2 aromatic heterocycles. The number of aromatic nitrogens is 1. The summed E-state index contributed by atoms with van der Waals surface area (Å²) in [5.74, 6) is -0.279. The van der Waals surface area contributed by atoms with Crippen molar-refractivity contribution >= 4 is 16.9 Å². The van der Waals surface area contributed by atoms with Gasteiger partial charge in [0, 0.05) is 18.7 Å². The number of pyridine rings is 1. The van der Waals surface area contributed by atoms with Crippen LogP contribution in [0.2, 0.25) is 0 Å². The van der Waals surface area contributed by atoms with Crippen molar-refractivity contribution in [2.45, 2.75) is 6.61 Å². The van der Waals surface area contributed by atoms with E-state index in [2.05, 4.69) is 4.98 Å². The SMILES string of the molecule is COCc1cc2c(C(=O)O)cnc(OC)c2o1. The molecule has 0 saturated heterocycles. The van der Waals surface area contributed by atoms with Gasteiger partial charge in [0.15, 0.2) is 5.58 Å². The van der Waals surface area contributed by atoms with E-state index in [9.17, 15) is 4.79 Å². The number of rotatable bonds is 4. The first kappa shape index (κ1) is 11.4. The molecule has 0 aromatic carbocycles. The van der Waals surface area contributed by atoms with E-state index in [4.69, 9.17) is 19.0 Å². The smallest absolute Gasteiger partial charge is 0.338 e. The van der Waals surface area contributed by atoms with Crippen molar-refractivity contribution < 1.29 is 23.8 Å². The maximum absolute atomic E-state index is 11.0. The van der Waals surface area contributed by atoms with Gasteiger partial charge in [-0.25, -0.2) is 9.78 Å². The fraction of sp³-hybridized carbons (Fsp3) is 0.273. The van der Waals surface area contributed by atoms with E-state index >= 15 is 0 Å². The molecule has 0 atom stereocenters. The van der Waals surface area contributed by atoms with Crippen LogP contribution in [0.15, 0.2) is 16.7 Å². The zero-order chi connectivity index (χ0) is 12.4. The van der Waals surface area contributed by atoms with Crippen molar-refractivity contribution in [1.82, 2.24) is 4.98 Å². The molecule has 2 rings (SSSR count). The van der Waals surface area contributed by atoms with Crippen LogP contribution >= 0.6 is 0 Å². The van der Waals surface area contributed by atoms with Gasteiger partial charge in [0.2, 0.25) is 0 Å². The Labute approximate surface area is 96.8 Å². The summed E-state index contributed by atoms with van der Waals surface area (Å²) < 4.78 is 15.4. The first-order chi connectivity index (χ1) is 8.17. The molecule has 2 heterocycles. The summed E-state index contributed by atoms with van der Waals surface area (Å²) in [6.07, 6.45) is 1.25. The highest BCUT2D eigenvalue weighted by Gasteiger charge is 2.17. The highest BCUT2D eigenvalue weighted by molar-refractivity contribution is 6.03. The van der Waals surface area contributed by atoms with E-state index in [1.54, 1.807) is 6.07 Å². The van der Waals surface area contributed by atoms with E-state index in [0.29, 0.717) is 16.7 Å². The highest BCUT2D eigenvalue weighted by Crippen LogP contribution is 2.29. The van der Waals surface area contributed by atoms with Crippen LogP contribution in [0, 0.1) is 0 Å². The predicted molar refractivity (Wildman–Crippen MR) is 58.2 cm³/mol. The average molecular weight is 237 g/mol. The quantitative estimate of drug-likeness (QED) is 0.871. The van der Waals surface area contributed by atoms with Crippen molar-refractivity contribution in [1.29, 1.82) is 0 Å². The molecule has 6 heteroatoms. The van der Waals surface area contributed by atoms with Crippen LogP contribution in [0.25, 0.3) is 11.0 Å². The summed E-state index contributed by atoms with van der Waals surface area (Å²) in [7, 11) is 2.97. The lowest BCUT2D eigenvalue weighted by Crippen LogP contribution is -1.99. The Morgan fingerprint density at radius 2 is 2.29 bits per heavy atom. The molecular weight excluding hydrogens is 226 g/mol. The Morgan fingerprint density at radius 3 is 2.88 bits per heavy atom. The molecule has 90 valence electrons. The number of carboxylic acid groups (broad SMARTS) is 1. The van der Waals surface area contributed by atoms with Crippen LogP contribution < -0.4 is 4.74 Å². The second-order valence-corrected chi connectivity index (χ2v) is 3.37. The van der Waals surface area contributed by atoms with Crippen molar-refractivity contribution in [2.75, 3.05) is 14.2 Å². The third-order valence-corrected chi connectivity index (χ3v) is 2.29. The second kappa shape index (κ2) is 4.42. The molecule has 0 aliphatic rings. The van der Waals surface area contributed by atoms with Crippen molar-refractivity contribution in [3.05, 3.63) is 23.6 Å². The number of carbonyl (C=O) groups is 1. The molecule has 0 amide bonds. The first-order valence-corrected chi connectivity index (χ1v) is 4.85. The van der Waals surface area contributed by atoms with Gasteiger partial charge in [-0.15, -0.1) is 0 Å². The Hall–Kier alpha value is -2.08. The number of hydrogen-bond donors (Lipinski definition) is 1. The summed E-state index contributed by atoms with van der Waals surface area (Å²) in [6.45, 7) is 0.261. The van der Waals surface area contributed by atoms with Crippen LogP contribution in [0.5, 0.6) is 5.88 Å². The first-order valence-electron chi connectivity index (χ1n) is 4.85. The number of carboxylic acids is 1. The van der Waals surface area contributed by atoms with Gasteiger partial charge in [-0.1, -0.05) is 0 Å². The third-order valence-electron chi connectivity index (χ3n) is 2.29. The van der Waals surface area contributed by atoms with Crippen molar-refractivity contribution in [2.24, 2.45) is 0 Å². The summed E-state index contributed by atoms with van der Waals surface area (Å²) in [5, 5.41) is 9.49. The van der Waals surface area contributed by atoms with E-state index in [0.717, 1.165) is 0 Å². The lowest BCUT2D eigenvalue weighted by Gasteiger charge is -2.00. The minimum atomic E-state index is -1.06. The monoisotopic (exact) mass is 237 g/mol. The molecule has 0 bridgehead atoms. The number of ether oxygens (including phenoxy) is 2. The van der Waals surface area contributed by atoms with Crippen molar-refractivity contribution in [3.63, 3.8) is 0 Å². The second-order valence-electron chi connectivity index (χ2n) is 3.37. The minimum Gasteiger partial charge on any atom is -0.478 e. The van der Waals surface area contributed by atoms with E-state index in [1.807, 2.05) is 0 Å². The standard InChI is InChI=1S/C11H11NO5/c1-15-5-6-3-7-8(11(13)14)4-12-10(16-2)9(7)17-6/h3-4H,5H2,1-2H3,(H,13,14). The average Bonchev–Trinajstić information content (AvgIpc) is 2.71. The molecule has 0 spiro atoms. The van der Waals surface area contributed by atoms with Gasteiger partial charge in [0.1, 0.15) is 12.4 Å². The molecule has 2 aromatic rings. The van der Waals surface area contributed by atoms with Gasteiger partial charge in [0.05, 0.1) is 12.7 Å². The predicted octanol–water partition coefficient (Wildman–Crippen LogP) is 1.68. The summed E-state index contributed by atoms with van der Waals surface area (Å²) in [6, 6.07) is 1.62. The Bertz CT molecular complexity index is 560. The largest absolute Gasteiger partial charge is 0.478 e. The van der Waals surface area contributed by atoms with E-state index in [-0.39, 0.29) is 18.1 Å². The molecule has 17 heavy (non-hydrogen) atoms. The lowest BCUT2D eigenvalue weighted by atomic mass is 10.2. The molecule has 0 aliphatic carbocycles. The molecular formula is C11H11NO5. The molecule has 1 N–H and O–H groups in total. The molecule has 0 radical (unpaired) electrons. The minimum absolute atomic E-state index is 0.0758. The van der Waals surface area contributed by atoms with Crippen LogP contribution in [-0.2, 0) is 11.3 Å². The summed E-state index contributed by atoms with van der Waals surface area (Å²) in [4.78, 5) is 14.9. The number of hydrogen-bond acceptors (Lipinski definition) is 5. The van der Waals surface area contributed by atoms with Gasteiger partial charge in [-0.3, -0.25) is 0 Å². The Morgan fingerprint density at radius 1 is 1.53 bits per heavy atom. The molecule has 0 fully saturated rings. The topological polar surface area (TPSA) is 81.8 Å².